The van der Waals surface area contributed by atoms with E-state index in [1.807, 2.05) is 0 Å². The Morgan fingerprint density at radius 3 is 2.36 bits per heavy atom. The van der Waals surface area contributed by atoms with Crippen LogP contribution in [0.3, 0.4) is 0 Å². The van der Waals surface area contributed by atoms with Gasteiger partial charge in [0, 0.05) is 0 Å². The van der Waals surface area contributed by atoms with Crippen molar-refractivity contribution in [3.63, 3.8) is 0 Å². The van der Waals surface area contributed by atoms with Gasteiger partial charge < -0.3 is 10.5 Å². The third kappa shape index (κ3) is 4.34. The molecule has 2 N–H and O–H groups in total. The third-order valence-electron chi connectivity index (χ3n) is 0.800. The number of hydrogen-bond donors (Lipinski definition) is 1. The first-order valence-corrected chi connectivity index (χ1v) is 3.25. The van der Waals surface area contributed by atoms with Crippen LogP contribution < -0.4 is 5.73 Å². The lowest BCUT2D eigenvalue weighted by Gasteiger charge is -2.19. The van der Waals surface area contributed by atoms with Crippen molar-refractivity contribution >= 4 is 5.97 Å². The molecule has 4 heteroatoms. The minimum Gasteiger partial charge on any atom is -0.458 e. The zero-order chi connectivity index (χ0) is 9.07. The average molecular weight is 156 g/mol. The molecular formula is C7H12N2O2. The lowest BCUT2D eigenvalue weighted by molar-refractivity contribution is -0.154. The van der Waals surface area contributed by atoms with Crippen molar-refractivity contribution in [3.05, 3.63) is 0 Å². The Morgan fingerprint density at radius 2 is 2.09 bits per heavy atom. The van der Waals surface area contributed by atoms with E-state index in [1.165, 1.54) is 0 Å². The number of nitrogens with zero attached hydrogens (tertiary/aromatic N) is 1. The molecule has 0 unspecified atom stereocenters. The summed E-state index contributed by atoms with van der Waals surface area (Å²) in [7, 11) is 0. The number of rotatable bonds is 1. The van der Waals surface area contributed by atoms with Gasteiger partial charge >= 0.3 is 5.97 Å². The van der Waals surface area contributed by atoms with Crippen molar-refractivity contribution in [1.82, 2.24) is 0 Å². The first-order chi connectivity index (χ1) is 4.87. The van der Waals surface area contributed by atoms with E-state index in [-0.39, 0.29) is 0 Å². The zero-order valence-electron chi connectivity index (χ0n) is 6.92. The van der Waals surface area contributed by atoms with E-state index in [0.29, 0.717) is 0 Å². The second-order valence-electron chi connectivity index (χ2n) is 3.14. The molecule has 0 aromatic heterocycles. The number of nitriles is 1. The molecule has 0 aromatic rings. The first-order valence-electron chi connectivity index (χ1n) is 3.25. The van der Waals surface area contributed by atoms with Crippen molar-refractivity contribution in [2.45, 2.75) is 32.4 Å². The van der Waals surface area contributed by atoms with Crippen LogP contribution in [-0.2, 0) is 9.53 Å². The molecule has 0 aliphatic rings. The Kier molecular flexibility index (Phi) is 3.02. The molecule has 62 valence electrons. The number of hydrogen-bond acceptors (Lipinski definition) is 4. The highest BCUT2D eigenvalue weighted by atomic mass is 16.6. The van der Waals surface area contributed by atoms with E-state index < -0.39 is 17.6 Å². The van der Waals surface area contributed by atoms with Gasteiger partial charge in [0.25, 0.3) is 0 Å². The summed E-state index contributed by atoms with van der Waals surface area (Å²) in [5, 5.41) is 8.23. The van der Waals surface area contributed by atoms with Crippen molar-refractivity contribution in [2.75, 3.05) is 0 Å². The zero-order valence-corrected chi connectivity index (χ0v) is 6.92. The predicted molar refractivity (Wildman–Crippen MR) is 39.4 cm³/mol. The van der Waals surface area contributed by atoms with Crippen molar-refractivity contribution in [2.24, 2.45) is 5.73 Å². The molecule has 11 heavy (non-hydrogen) atoms. The molecule has 0 bridgehead atoms. The van der Waals surface area contributed by atoms with Gasteiger partial charge in [-0.1, -0.05) is 0 Å². The van der Waals surface area contributed by atoms with Gasteiger partial charge in [0.1, 0.15) is 5.60 Å². The summed E-state index contributed by atoms with van der Waals surface area (Å²) in [4.78, 5) is 10.8. The first kappa shape index (κ1) is 9.92. The fourth-order valence-electron chi connectivity index (χ4n) is 0.418. The van der Waals surface area contributed by atoms with Crippen LogP contribution in [0.5, 0.6) is 0 Å². The van der Waals surface area contributed by atoms with E-state index in [4.69, 9.17) is 15.7 Å². The van der Waals surface area contributed by atoms with Gasteiger partial charge in [-0.15, -0.1) is 0 Å². The molecule has 0 radical (unpaired) electrons. The van der Waals surface area contributed by atoms with E-state index in [2.05, 4.69) is 0 Å². The minimum absolute atomic E-state index is 0.578. The van der Waals surface area contributed by atoms with Crippen LogP contribution in [0.1, 0.15) is 20.8 Å². The van der Waals surface area contributed by atoms with Crippen molar-refractivity contribution in [3.8, 4) is 6.07 Å². The lowest BCUT2D eigenvalue weighted by atomic mass is 10.2. The second kappa shape index (κ2) is 3.35. The summed E-state index contributed by atoms with van der Waals surface area (Å²) in [6.07, 6.45) is 0. The molecule has 0 aromatic carbocycles. The topological polar surface area (TPSA) is 76.1 Å². The van der Waals surface area contributed by atoms with Crippen LogP contribution in [0, 0.1) is 11.3 Å². The monoisotopic (exact) mass is 156 g/mol. The summed E-state index contributed by atoms with van der Waals surface area (Å²) in [6, 6.07) is 0.418. The molecule has 0 saturated carbocycles. The molecule has 0 saturated heterocycles. The molecule has 0 rings (SSSR count). The number of ether oxygens (including phenoxy) is 1. The highest BCUT2D eigenvalue weighted by Crippen LogP contribution is 2.07. The van der Waals surface area contributed by atoms with Gasteiger partial charge in [-0.2, -0.15) is 5.26 Å². The number of carbonyl (C=O) groups excluding carboxylic acids is 1. The summed E-state index contributed by atoms with van der Waals surface area (Å²) >= 11 is 0. The minimum atomic E-state index is -1.17. The van der Waals surface area contributed by atoms with Crippen LogP contribution in [0.15, 0.2) is 0 Å². The maximum absolute atomic E-state index is 10.8. The quantitative estimate of drug-likeness (QED) is 0.549. The Morgan fingerprint density at radius 1 is 1.64 bits per heavy atom. The number of nitrogens with two attached hydrogens (primary N) is 1. The van der Waals surface area contributed by atoms with Crippen molar-refractivity contribution < 1.29 is 9.53 Å². The third-order valence-corrected chi connectivity index (χ3v) is 0.800. The van der Waals surface area contributed by atoms with E-state index in [9.17, 15) is 4.79 Å². The number of carbonyl (C=O) groups is 1. The Bertz CT molecular complexity index is 188. The highest BCUT2D eigenvalue weighted by Gasteiger charge is 2.21. The molecule has 0 fully saturated rings. The summed E-state index contributed by atoms with van der Waals surface area (Å²) in [5.74, 6) is -0.681. The molecule has 1 atom stereocenters. The predicted octanol–water partition coefficient (Wildman–Crippen LogP) is 0.179. The average Bonchev–Trinajstić information content (AvgIpc) is 1.82. The standard InChI is InChI=1S/C7H12N2O2/c1-7(2,3)11-6(10)5(9)4-8/h5H,9H2,1-3H3/t5-/m0/s1. The van der Waals surface area contributed by atoms with Crippen LogP contribution in [0.2, 0.25) is 0 Å². The smallest absolute Gasteiger partial charge is 0.338 e. The van der Waals surface area contributed by atoms with Gasteiger partial charge in [0.15, 0.2) is 6.04 Å². The maximum atomic E-state index is 10.8. The van der Waals surface area contributed by atoms with E-state index >= 15 is 0 Å². The van der Waals surface area contributed by atoms with Crippen molar-refractivity contribution in [1.29, 1.82) is 5.26 Å². The van der Waals surface area contributed by atoms with Gasteiger partial charge in [-0.05, 0) is 20.8 Å². The molecule has 0 aliphatic carbocycles. The Labute approximate surface area is 65.9 Å². The van der Waals surface area contributed by atoms with Crippen LogP contribution in [-0.4, -0.2) is 17.6 Å². The van der Waals surface area contributed by atoms with Gasteiger partial charge in [0.05, 0.1) is 6.07 Å². The van der Waals surface area contributed by atoms with Gasteiger partial charge in [-0.25, -0.2) is 4.79 Å². The summed E-state index contributed by atoms with van der Waals surface area (Å²) in [5.41, 5.74) is 4.51. The molecule has 0 amide bonds. The molecule has 0 spiro atoms. The van der Waals surface area contributed by atoms with Gasteiger partial charge in [0.2, 0.25) is 0 Å². The van der Waals surface area contributed by atoms with Crippen LogP contribution in [0.25, 0.3) is 0 Å². The number of esters is 1. The van der Waals surface area contributed by atoms with E-state index in [0.717, 1.165) is 0 Å². The fraction of sp³-hybridized carbons (Fsp3) is 0.714. The fourth-order valence-corrected chi connectivity index (χ4v) is 0.418. The molecule has 0 heterocycles. The van der Waals surface area contributed by atoms with Crippen LogP contribution in [0.4, 0.5) is 0 Å². The maximum Gasteiger partial charge on any atom is 0.338 e. The Balaban J connectivity index is 4.01. The summed E-state index contributed by atoms with van der Waals surface area (Å²) < 4.78 is 4.80. The second-order valence-corrected chi connectivity index (χ2v) is 3.14. The normalized spacial score (nSPS) is 13.4. The molecule has 4 nitrogen and oxygen atoms in total. The molecule has 0 aliphatic heterocycles. The summed E-state index contributed by atoms with van der Waals surface area (Å²) in [6.45, 7) is 5.15. The highest BCUT2D eigenvalue weighted by molar-refractivity contribution is 5.78. The molecular weight excluding hydrogens is 144 g/mol. The lowest BCUT2D eigenvalue weighted by Crippen LogP contribution is -2.36. The van der Waals surface area contributed by atoms with Gasteiger partial charge in [-0.3, -0.25) is 0 Å². The SMILES string of the molecule is CC(C)(C)OC(=O)[C@@H](N)C#N. The largest absolute Gasteiger partial charge is 0.458 e. The van der Waals surface area contributed by atoms with E-state index in [1.54, 1.807) is 26.8 Å². The van der Waals surface area contributed by atoms with Crippen LogP contribution >= 0.6 is 0 Å². The Hall–Kier alpha value is -1.08.